The van der Waals surface area contributed by atoms with Crippen LogP contribution < -0.4 is 50.9 Å². The number of anilines is 1. The molecule has 0 spiro atoms. The molecule has 6 aromatic rings. The summed E-state index contributed by atoms with van der Waals surface area (Å²) in [4.78, 5) is 54.2. The zero-order valence-corrected chi connectivity index (χ0v) is 37.0. The summed E-state index contributed by atoms with van der Waals surface area (Å²) in [6.45, 7) is 1.92. The number of carbonyl (C=O) groups excluding carboxylic acids is 3. The Hall–Kier alpha value is -5.41. The second-order valence-electron chi connectivity index (χ2n) is 13.7. The predicted octanol–water partition coefficient (Wildman–Crippen LogP) is 2.85. The van der Waals surface area contributed by atoms with Crippen LogP contribution >= 0.6 is 30.6 Å². The number of esters is 1. The maximum Gasteiger partial charge on any atom is 0.356 e. The molecular formula is C45H40IN6O5PS2. The van der Waals surface area contributed by atoms with Gasteiger partial charge in [0.25, 0.3) is 11.8 Å². The van der Waals surface area contributed by atoms with Gasteiger partial charge in [0.2, 0.25) is 11.5 Å². The predicted molar refractivity (Wildman–Crippen MR) is 235 cm³/mol. The second kappa shape index (κ2) is 19.3. The van der Waals surface area contributed by atoms with Crippen LogP contribution in [0, 0.1) is 0 Å². The van der Waals surface area contributed by atoms with Crippen molar-refractivity contribution in [3.63, 3.8) is 0 Å². The van der Waals surface area contributed by atoms with Gasteiger partial charge in [-0.2, -0.15) is 9.36 Å². The molecule has 2 aliphatic heterocycles. The Morgan fingerprint density at radius 2 is 1.33 bits per heavy atom. The average Bonchev–Trinajstić information content (AvgIpc) is 3.73. The minimum atomic E-state index is -2.52. The number of aromatic nitrogens is 2. The Morgan fingerprint density at radius 3 is 1.80 bits per heavy atom. The second-order valence-corrected chi connectivity index (χ2v) is 19.1. The first-order chi connectivity index (χ1) is 28.9. The van der Waals surface area contributed by atoms with Gasteiger partial charge in [-0.05, 0) is 54.4 Å². The molecule has 304 valence electrons. The molecule has 1 saturated heterocycles. The maximum absolute atomic E-state index is 15.1. The molecule has 1 aromatic heterocycles. The number of fused-ring (bicyclic) bond motifs is 1. The Kier molecular flexibility index (Phi) is 13.8. The van der Waals surface area contributed by atoms with Crippen molar-refractivity contribution in [3.05, 3.63) is 180 Å². The highest BCUT2D eigenvalue weighted by Gasteiger charge is 2.57. The van der Waals surface area contributed by atoms with E-state index >= 15 is 4.79 Å². The Labute approximate surface area is 374 Å². The lowest BCUT2D eigenvalue weighted by molar-refractivity contribution is -0.154. The fourth-order valence-electron chi connectivity index (χ4n) is 7.45. The van der Waals surface area contributed by atoms with Gasteiger partial charge in [0.05, 0.1) is 6.16 Å². The van der Waals surface area contributed by atoms with Crippen molar-refractivity contribution in [1.29, 1.82) is 0 Å². The lowest BCUT2D eigenvalue weighted by atomic mass is 10.0. The maximum atomic E-state index is 15.1. The smallest absolute Gasteiger partial charge is 0.356 e. The van der Waals surface area contributed by atoms with Crippen LogP contribution in [0.2, 0.25) is 0 Å². The molecule has 11 nitrogen and oxygen atoms in total. The quantitative estimate of drug-likeness (QED) is 0.0420. The van der Waals surface area contributed by atoms with Crippen LogP contribution in [0.15, 0.2) is 168 Å². The van der Waals surface area contributed by atoms with Gasteiger partial charge in [-0.15, -0.1) is 11.8 Å². The Bertz CT molecular complexity index is 2360. The van der Waals surface area contributed by atoms with E-state index in [1.54, 1.807) is 6.92 Å². The third-order valence-corrected chi connectivity index (χ3v) is 16.4. The van der Waals surface area contributed by atoms with E-state index in [-0.39, 0.29) is 52.9 Å². The number of thioether (sulfide) groups is 1. The minimum Gasteiger partial charge on any atom is -1.00 e. The van der Waals surface area contributed by atoms with Gasteiger partial charge in [0.15, 0.2) is 11.2 Å². The summed E-state index contributed by atoms with van der Waals surface area (Å²) in [6.07, 6.45) is -0.301. The van der Waals surface area contributed by atoms with Gasteiger partial charge >= 0.3 is 5.97 Å². The number of nitrogens with zero attached hydrogens (tertiary/aromatic N) is 4. The molecule has 3 heterocycles. The van der Waals surface area contributed by atoms with Crippen LogP contribution in [0.5, 0.6) is 0 Å². The monoisotopic (exact) mass is 966 g/mol. The third-order valence-electron chi connectivity index (χ3n) is 10.1. The SMILES string of the molecule is CCON=C(C(=O)NC1C(=O)N2C(C(=O)OC(c3ccccc3)c3ccccc3)=C(C[P+](c3ccccc3)(c3ccccc3)c3ccccc3)CS[C@H]12)c1nsc(N)n1.[I-]. The number of hydrogen-bond acceptors (Lipinski definition) is 11. The number of oxime groups is 1. The third kappa shape index (κ3) is 8.60. The zero-order chi connectivity index (χ0) is 40.8. The van der Waals surface area contributed by atoms with Gasteiger partial charge in [-0.25, -0.2) is 4.79 Å². The van der Waals surface area contributed by atoms with Crippen molar-refractivity contribution < 1.29 is 47.9 Å². The van der Waals surface area contributed by atoms with Gasteiger partial charge in [0, 0.05) is 22.9 Å². The van der Waals surface area contributed by atoms with Crippen molar-refractivity contribution in [1.82, 2.24) is 19.6 Å². The number of rotatable bonds is 14. The summed E-state index contributed by atoms with van der Waals surface area (Å²) in [5.41, 5.74) is 8.15. The summed E-state index contributed by atoms with van der Waals surface area (Å²) in [6, 6.07) is 49.3. The number of β-lactam (4-membered cyclic amide) rings is 1. The standard InChI is InChI=1S/C45H39N6O5PS2.HI/c1-2-55-49-36(40-48-45(46)59-50-40)41(52)47-37-42(53)51-38(44(54)56-39(30-18-8-3-9-19-30)31-20-10-4-11-21-31)32(29-58-43(37)51)28-57(33-22-12-5-13-23-33,34-24-14-6-15-25-34)35-26-16-7-17-27-35;/h3-27,37,39,43H,2,28-29H2,1H3,(H2-,46,47,48,50,52);1H/t37?,43-;/m1./s1. The van der Waals surface area contributed by atoms with Crippen LogP contribution in [-0.4, -0.2) is 67.7 Å². The first-order valence-corrected chi connectivity index (χ1v) is 22.8. The van der Waals surface area contributed by atoms with Crippen molar-refractivity contribution in [2.75, 3.05) is 24.3 Å². The van der Waals surface area contributed by atoms with Crippen LogP contribution in [0.3, 0.4) is 0 Å². The van der Waals surface area contributed by atoms with E-state index in [9.17, 15) is 9.59 Å². The zero-order valence-electron chi connectivity index (χ0n) is 32.3. The van der Waals surface area contributed by atoms with Crippen molar-refractivity contribution >= 4 is 75.1 Å². The van der Waals surface area contributed by atoms with Crippen molar-refractivity contribution in [3.8, 4) is 0 Å². The molecule has 8 rings (SSSR count). The van der Waals surface area contributed by atoms with E-state index in [1.165, 1.54) is 16.7 Å². The van der Waals surface area contributed by atoms with Crippen LogP contribution in [-0.2, 0) is 24.0 Å². The number of amides is 2. The molecule has 2 atom stereocenters. The fourth-order valence-corrected chi connectivity index (χ4v) is 13.7. The number of hydrogen-bond donors (Lipinski definition) is 2. The first-order valence-electron chi connectivity index (χ1n) is 19.0. The molecule has 0 radical (unpaired) electrons. The Morgan fingerprint density at radius 1 is 0.833 bits per heavy atom. The molecule has 0 saturated carbocycles. The highest BCUT2D eigenvalue weighted by Crippen LogP contribution is 2.58. The number of nitrogens with one attached hydrogen (secondary N) is 1. The first kappa shape index (κ1) is 42.7. The summed E-state index contributed by atoms with van der Waals surface area (Å²) in [5.74, 6) is -1.41. The minimum absolute atomic E-state index is 0. The number of benzene rings is 5. The highest BCUT2D eigenvalue weighted by atomic mass is 127. The van der Waals surface area contributed by atoms with Gasteiger partial charge in [0.1, 0.15) is 46.9 Å². The topological polar surface area (TPSA) is 149 Å². The largest absolute Gasteiger partial charge is 1.00 e. The molecule has 15 heteroatoms. The number of carbonyl (C=O) groups is 3. The normalized spacial score (nSPS) is 16.3. The molecular weight excluding hydrogens is 927 g/mol. The van der Waals surface area contributed by atoms with Crippen LogP contribution in [0.1, 0.15) is 30.0 Å². The van der Waals surface area contributed by atoms with Crippen LogP contribution in [0.4, 0.5) is 5.13 Å². The lowest BCUT2D eigenvalue weighted by Gasteiger charge is -2.50. The van der Waals surface area contributed by atoms with E-state index < -0.39 is 42.6 Å². The van der Waals surface area contributed by atoms with Crippen molar-refractivity contribution in [2.45, 2.75) is 24.4 Å². The van der Waals surface area contributed by atoms with E-state index in [1.807, 2.05) is 115 Å². The number of halogens is 1. The highest BCUT2D eigenvalue weighted by molar-refractivity contribution is 8.00. The van der Waals surface area contributed by atoms with E-state index in [4.69, 9.17) is 15.3 Å². The number of nitrogens with two attached hydrogens (primary N) is 1. The fraction of sp³-hybridized carbons (Fsp3) is 0.156. The van der Waals surface area contributed by atoms with Gasteiger partial charge in [-0.3, -0.25) is 14.5 Å². The average molecular weight is 967 g/mol. The molecule has 3 N–H and O–H groups in total. The molecule has 2 aliphatic rings. The molecule has 2 amide bonds. The van der Waals surface area contributed by atoms with E-state index in [0.717, 1.165) is 44.1 Å². The molecule has 0 bridgehead atoms. The Balaban J connectivity index is 0.00000544. The van der Waals surface area contributed by atoms with Crippen LogP contribution in [0.25, 0.3) is 0 Å². The van der Waals surface area contributed by atoms with E-state index in [0.29, 0.717) is 11.9 Å². The summed E-state index contributed by atoms with van der Waals surface area (Å²) in [5, 5.41) is 9.71. The molecule has 0 aliphatic carbocycles. The molecule has 5 aromatic carbocycles. The molecule has 1 unspecified atom stereocenters. The van der Waals surface area contributed by atoms with E-state index in [2.05, 4.69) is 56.2 Å². The van der Waals surface area contributed by atoms with Gasteiger partial charge in [-0.1, -0.05) is 120 Å². The number of nitrogen functional groups attached to an aromatic ring is 1. The summed E-state index contributed by atoms with van der Waals surface area (Å²) in [7, 11) is -2.52. The number of ether oxygens (including phenoxy) is 1. The van der Waals surface area contributed by atoms with Gasteiger partial charge < -0.3 is 44.6 Å². The summed E-state index contributed by atoms with van der Waals surface area (Å²) < 4.78 is 10.7. The molecule has 1 fully saturated rings. The summed E-state index contributed by atoms with van der Waals surface area (Å²) >= 11 is 2.40. The molecule has 60 heavy (non-hydrogen) atoms. The lowest BCUT2D eigenvalue weighted by Crippen LogP contribution is -3.00. The van der Waals surface area contributed by atoms with Crippen molar-refractivity contribution in [2.24, 2.45) is 5.16 Å².